The number of hydrogen-bond donors (Lipinski definition) is 0. The molecule has 0 aliphatic carbocycles. The molecule has 0 N–H and O–H groups in total. The van der Waals surface area contributed by atoms with E-state index in [0.29, 0.717) is 10.6 Å². The number of benzene rings is 2. The third kappa shape index (κ3) is 1.84. The number of hydrogen-bond acceptors (Lipinski definition) is 2. The summed E-state index contributed by atoms with van der Waals surface area (Å²) < 4.78 is 36.4. The highest BCUT2D eigenvalue weighted by Crippen LogP contribution is 2.73. The lowest BCUT2D eigenvalue weighted by atomic mass is 10.3. The van der Waals surface area contributed by atoms with Crippen molar-refractivity contribution in [1.29, 1.82) is 0 Å². The molecule has 5 heteroatoms. The third-order valence-corrected chi connectivity index (χ3v) is 4.88. The highest BCUT2D eigenvalue weighted by atomic mass is 31.2. The number of halogens is 2. The van der Waals surface area contributed by atoms with Gasteiger partial charge in [-0.05, 0) is 24.3 Å². The molecular formula is C12H8F2O2P+. The zero-order valence-corrected chi connectivity index (χ0v) is 9.53. The van der Waals surface area contributed by atoms with Crippen LogP contribution in [-0.4, -0.2) is 0 Å². The molecule has 1 saturated heterocycles. The Kier molecular flexibility index (Phi) is 2.44. The van der Waals surface area contributed by atoms with Gasteiger partial charge in [-0.1, -0.05) is 12.1 Å². The highest BCUT2D eigenvalue weighted by Gasteiger charge is 2.67. The van der Waals surface area contributed by atoms with Gasteiger partial charge in [0.1, 0.15) is 11.6 Å². The van der Waals surface area contributed by atoms with Crippen LogP contribution in [0.15, 0.2) is 48.5 Å². The Labute approximate surface area is 97.2 Å². The molecule has 0 bridgehead atoms. The molecule has 0 saturated carbocycles. The minimum absolute atomic E-state index is 0.364. The van der Waals surface area contributed by atoms with Crippen LogP contribution in [0.25, 0.3) is 0 Å². The van der Waals surface area contributed by atoms with Crippen LogP contribution in [0.4, 0.5) is 8.78 Å². The Bertz CT molecular complexity index is 522. The van der Waals surface area contributed by atoms with Gasteiger partial charge >= 0.3 is 7.72 Å². The van der Waals surface area contributed by atoms with E-state index in [4.69, 9.17) is 9.35 Å². The Morgan fingerprint density at radius 3 is 1.59 bits per heavy atom. The van der Waals surface area contributed by atoms with Gasteiger partial charge < -0.3 is 0 Å². The predicted octanol–water partition coefficient (Wildman–Crippen LogP) is 2.73. The lowest BCUT2D eigenvalue weighted by Crippen LogP contribution is -2.13. The molecule has 3 rings (SSSR count). The molecule has 1 fully saturated rings. The van der Waals surface area contributed by atoms with Gasteiger partial charge in [0.15, 0.2) is 10.6 Å². The maximum absolute atomic E-state index is 13.2. The van der Waals surface area contributed by atoms with Crippen LogP contribution >= 0.6 is 7.72 Å². The maximum Gasteiger partial charge on any atom is 0.431 e. The first-order chi connectivity index (χ1) is 8.21. The molecule has 0 radical (unpaired) electrons. The van der Waals surface area contributed by atoms with E-state index in [1.54, 1.807) is 24.3 Å². The minimum atomic E-state index is -2.43. The second-order valence-corrected chi connectivity index (χ2v) is 6.09. The summed E-state index contributed by atoms with van der Waals surface area (Å²) in [6.45, 7) is 0. The van der Waals surface area contributed by atoms with Crippen molar-refractivity contribution in [3.05, 3.63) is 60.2 Å². The summed E-state index contributed by atoms with van der Waals surface area (Å²) in [7, 11) is -2.43. The molecule has 1 aliphatic rings. The summed E-state index contributed by atoms with van der Waals surface area (Å²) in [4.78, 5) is 0. The molecule has 2 aromatic rings. The van der Waals surface area contributed by atoms with Crippen LogP contribution in [0.3, 0.4) is 0 Å². The SMILES string of the molecule is Fc1cccc([P+]2(c3cccc(F)c3)OO2)c1. The van der Waals surface area contributed by atoms with Crippen molar-refractivity contribution in [3.63, 3.8) is 0 Å². The normalized spacial score (nSPS) is 16.8. The summed E-state index contributed by atoms with van der Waals surface area (Å²) in [5.41, 5.74) is 0. The van der Waals surface area contributed by atoms with E-state index in [1.807, 2.05) is 0 Å². The van der Waals surface area contributed by atoms with Crippen molar-refractivity contribution in [2.24, 2.45) is 0 Å². The van der Waals surface area contributed by atoms with Crippen LogP contribution in [0, 0.1) is 11.6 Å². The molecule has 86 valence electrons. The quantitative estimate of drug-likeness (QED) is 0.467. The lowest BCUT2D eigenvalue weighted by Gasteiger charge is -1.98. The molecule has 0 aromatic heterocycles. The van der Waals surface area contributed by atoms with Gasteiger partial charge in [-0.15, -0.1) is 0 Å². The van der Waals surface area contributed by atoms with E-state index >= 15 is 0 Å². The molecule has 2 nitrogen and oxygen atoms in total. The van der Waals surface area contributed by atoms with Crippen LogP contribution < -0.4 is 10.6 Å². The van der Waals surface area contributed by atoms with Crippen LogP contribution in [0.1, 0.15) is 0 Å². The fraction of sp³-hybridized carbons (Fsp3) is 0. The predicted molar refractivity (Wildman–Crippen MR) is 61.2 cm³/mol. The zero-order valence-electron chi connectivity index (χ0n) is 8.64. The second kappa shape index (κ2) is 3.84. The fourth-order valence-electron chi connectivity index (χ4n) is 1.67. The number of rotatable bonds is 2. The van der Waals surface area contributed by atoms with Crippen molar-refractivity contribution in [3.8, 4) is 0 Å². The Hall–Kier alpha value is -1.35. The van der Waals surface area contributed by atoms with Gasteiger partial charge in [-0.25, -0.2) is 8.78 Å². The second-order valence-electron chi connectivity index (χ2n) is 3.66. The topological polar surface area (TPSA) is 25.1 Å². The van der Waals surface area contributed by atoms with Crippen molar-refractivity contribution in [1.82, 2.24) is 0 Å². The summed E-state index contributed by atoms with van der Waals surface area (Å²) in [6, 6.07) is 12.0. The highest BCUT2D eigenvalue weighted by molar-refractivity contribution is 7.84. The average Bonchev–Trinajstić information content (AvgIpc) is 3.10. The summed E-state index contributed by atoms with van der Waals surface area (Å²) in [5, 5.41) is 1.23. The van der Waals surface area contributed by atoms with Crippen LogP contribution in [-0.2, 0) is 9.35 Å². The molecule has 17 heavy (non-hydrogen) atoms. The largest absolute Gasteiger partial charge is 0.431 e. The lowest BCUT2D eigenvalue weighted by molar-refractivity contribution is 0.0850. The van der Waals surface area contributed by atoms with Crippen molar-refractivity contribution >= 4 is 18.3 Å². The van der Waals surface area contributed by atoms with E-state index in [2.05, 4.69) is 0 Å². The van der Waals surface area contributed by atoms with E-state index in [0.717, 1.165) is 0 Å². The van der Waals surface area contributed by atoms with E-state index in [-0.39, 0.29) is 11.6 Å². The van der Waals surface area contributed by atoms with Crippen molar-refractivity contribution < 1.29 is 18.1 Å². The van der Waals surface area contributed by atoms with Gasteiger partial charge in [0.05, 0.1) is 0 Å². The Balaban J connectivity index is 2.07. The monoisotopic (exact) mass is 253 g/mol. The molecule has 0 spiro atoms. The summed E-state index contributed by atoms with van der Waals surface area (Å²) in [5.74, 6) is -0.727. The summed E-state index contributed by atoms with van der Waals surface area (Å²) in [6.07, 6.45) is 0. The maximum atomic E-state index is 13.2. The third-order valence-electron chi connectivity index (χ3n) is 2.52. The average molecular weight is 253 g/mol. The van der Waals surface area contributed by atoms with Gasteiger partial charge in [-0.2, -0.15) is 0 Å². The Morgan fingerprint density at radius 2 is 1.24 bits per heavy atom. The molecule has 1 heterocycles. The standard InChI is InChI=1S/C12H8F2O2P/c13-9-3-1-5-11(7-9)17(15-16-17)12-6-2-4-10(14)8-12/h1-8H/q+1. The van der Waals surface area contributed by atoms with E-state index in [9.17, 15) is 8.78 Å². The van der Waals surface area contributed by atoms with Crippen LogP contribution in [0.5, 0.6) is 0 Å². The van der Waals surface area contributed by atoms with Crippen LogP contribution in [0.2, 0.25) is 0 Å². The van der Waals surface area contributed by atoms with Crippen molar-refractivity contribution in [2.75, 3.05) is 0 Å². The minimum Gasteiger partial charge on any atom is -0.207 e. The Morgan fingerprint density at radius 1 is 0.765 bits per heavy atom. The molecule has 0 atom stereocenters. The molecular weight excluding hydrogens is 245 g/mol. The van der Waals surface area contributed by atoms with Gasteiger partial charge in [-0.3, -0.25) is 0 Å². The van der Waals surface area contributed by atoms with Crippen molar-refractivity contribution in [2.45, 2.75) is 0 Å². The van der Waals surface area contributed by atoms with Gasteiger partial charge in [0.2, 0.25) is 0 Å². The first-order valence-electron chi connectivity index (χ1n) is 5.00. The zero-order chi connectivity index (χ0) is 11.9. The van der Waals surface area contributed by atoms with E-state index < -0.39 is 7.72 Å². The molecule has 2 aromatic carbocycles. The van der Waals surface area contributed by atoms with Gasteiger partial charge in [0.25, 0.3) is 0 Å². The molecule has 1 aliphatic heterocycles. The van der Waals surface area contributed by atoms with E-state index in [1.165, 1.54) is 24.3 Å². The smallest absolute Gasteiger partial charge is 0.207 e. The fourth-order valence-corrected chi connectivity index (χ4v) is 3.73. The molecule has 0 amide bonds. The first kappa shape index (κ1) is 10.8. The first-order valence-corrected chi connectivity index (χ1v) is 6.62. The van der Waals surface area contributed by atoms with Gasteiger partial charge in [0, 0.05) is 21.5 Å². The molecule has 0 unspecified atom stereocenters. The summed E-state index contributed by atoms with van der Waals surface area (Å²) >= 11 is 0.